The molecule has 0 saturated carbocycles. The highest BCUT2D eigenvalue weighted by Gasteiger charge is 2.23. The highest BCUT2D eigenvalue weighted by atomic mass is 35.5. The van der Waals surface area contributed by atoms with Crippen molar-refractivity contribution in [1.29, 1.82) is 0 Å². The number of hydrogen-bond acceptors (Lipinski definition) is 6. The van der Waals surface area contributed by atoms with Crippen molar-refractivity contribution in [3.8, 4) is 11.5 Å². The molecule has 1 amide bonds. The highest BCUT2D eigenvalue weighted by molar-refractivity contribution is 7.92. The van der Waals surface area contributed by atoms with Crippen LogP contribution in [0.5, 0.6) is 11.5 Å². The molecule has 0 aliphatic carbocycles. The summed E-state index contributed by atoms with van der Waals surface area (Å²) in [6.07, 6.45) is 1.70. The van der Waals surface area contributed by atoms with Gasteiger partial charge >= 0.3 is 0 Å². The summed E-state index contributed by atoms with van der Waals surface area (Å²) in [4.78, 5) is 13.0. The van der Waals surface area contributed by atoms with E-state index in [0.29, 0.717) is 36.8 Å². The van der Waals surface area contributed by atoms with Crippen LogP contribution in [0, 0.1) is 0 Å². The van der Waals surface area contributed by atoms with Gasteiger partial charge in [-0.05, 0) is 59.9 Å². The van der Waals surface area contributed by atoms with Gasteiger partial charge < -0.3 is 20.9 Å². The quantitative estimate of drug-likeness (QED) is 0.140. The molecule has 8 nitrogen and oxygen atoms in total. The van der Waals surface area contributed by atoms with Crippen LogP contribution in [0.1, 0.15) is 82.3 Å². The van der Waals surface area contributed by atoms with Crippen molar-refractivity contribution >= 4 is 44.8 Å². The van der Waals surface area contributed by atoms with E-state index >= 15 is 0 Å². The van der Waals surface area contributed by atoms with Crippen LogP contribution in [-0.2, 0) is 20.9 Å². The molecule has 3 rings (SSSR count). The Labute approximate surface area is 256 Å². The van der Waals surface area contributed by atoms with E-state index in [9.17, 15) is 18.3 Å². The fraction of sp³-hybridized carbons (Fsp3) is 0.469. The van der Waals surface area contributed by atoms with E-state index in [4.69, 9.17) is 10.5 Å². The fourth-order valence-corrected chi connectivity index (χ4v) is 5.68. The van der Waals surface area contributed by atoms with Crippen LogP contribution in [0.25, 0.3) is 10.8 Å². The molecule has 0 aliphatic rings. The summed E-state index contributed by atoms with van der Waals surface area (Å²) in [6.45, 7) is 14.3. The van der Waals surface area contributed by atoms with Crippen LogP contribution in [0.2, 0.25) is 0 Å². The molecule has 0 bridgehead atoms. The number of halogens is 1. The van der Waals surface area contributed by atoms with Gasteiger partial charge in [-0.25, -0.2) is 8.42 Å². The second-order valence-corrected chi connectivity index (χ2v) is 14.3. The lowest BCUT2D eigenvalue weighted by atomic mass is 9.80. The first-order chi connectivity index (χ1) is 19.1. The fourth-order valence-electron chi connectivity index (χ4n) is 4.52. The highest BCUT2D eigenvalue weighted by Crippen LogP contribution is 2.36. The molecule has 10 heteroatoms. The monoisotopic (exact) mass is 619 g/mol. The van der Waals surface area contributed by atoms with Crippen molar-refractivity contribution in [1.82, 2.24) is 5.32 Å². The number of carbonyl (C=O) groups excluding carboxylic acids is 1. The standard InChI is InChI=1S/C32H45N3O5S.ClH/c1-31(2,3)22-14-15-28(26(20-22)32(4,5)6)40-18-10-9-17-34-30(37)25-21-27(35-41(38,39)19-11-16-33)23-12-7-8-13-24(23)29(25)36;/h7-8,12-15,20-21,35-36H,9-11,16-19,33H2,1-6H3,(H,34,37);1H. The Bertz CT molecular complexity index is 1480. The zero-order valence-electron chi connectivity index (χ0n) is 25.5. The second kappa shape index (κ2) is 14.4. The smallest absolute Gasteiger partial charge is 0.255 e. The molecule has 0 heterocycles. The van der Waals surface area contributed by atoms with E-state index < -0.39 is 15.9 Å². The number of anilines is 1. The first-order valence-corrected chi connectivity index (χ1v) is 15.8. The molecular weight excluding hydrogens is 574 g/mol. The van der Waals surface area contributed by atoms with Gasteiger partial charge in [-0.15, -0.1) is 12.4 Å². The number of amides is 1. The first kappa shape index (κ1) is 35.2. The first-order valence-electron chi connectivity index (χ1n) is 14.2. The number of rotatable bonds is 12. The summed E-state index contributed by atoms with van der Waals surface area (Å²) in [5.74, 6) is 0.0569. The number of unbranched alkanes of at least 4 members (excludes halogenated alkanes) is 1. The number of fused-ring (bicyclic) bond motifs is 1. The van der Waals surface area contributed by atoms with Gasteiger partial charge in [0.15, 0.2) is 0 Å². The number of carbonyl (C=O) groups is 1. The van der Waals surface area contributed by atoms with Gasteiger partial charge in [0.2, 0.25) is 10.0 Å². The Morgan fingerprint density at radius 2 is 1.60 bits per heavy atom. The van der Waals surface area contributed by atoms with E-state index in [1.165, 1.54) is 17.2 Å². The molecule has 3 aromatic carbocycles. The molecular formula is C32H46ClN3O5S. The topological polar surface area (TPSA) is 131 Å². The molecule has 0 aromatic heterocycles. The van der Waals surface area contributed by atoms with Crippen LogP contribution < -0.4 is 20.5 Å². The zero-order valence-corrected chi connectivity index (χ0v) is 27.2. The summed E-state index contributed by atoms with van der Waals surface area (Å²) in [5, 5.41) is 14.6. The summed E-state index contributed by atoms with van der Waals surface area (Å²) in [5.41, 5.74) is 8.12. The molecule has 0 spiro atoms. The van der Waals surface area contributed by atoms with Crippen molar-refractivity contribution in [3.05, 3.63) is 65.2 Å². The van der Waals surface area contributed by atoms with Gasteiger partial charge in [-0.2, -0.15) is 0 Å². The third-order valence-electron chi connectivity index (χ3n) is 6.91. The van der Waals surface area contributed by atoms with Crippen LogP contribution in [0.15, 0.2) is 48.5 Å². The Balaban J connectivity index is 0.00000616. The third-order valence-corrected chi connectivity index (χ3v) is 8.27. The maximum atomic E-state index is 13.0. The molecule has 0 unspecified atom stereocenters. The van der Waals surface area contributed by atoms with E-state index in [2.05, 4.69) is 63.7 Å². The van der Waals surface area contributed by atoms with Crippen LogP contribution in [0.4, 0.5) is 5.69 Å². The maximum absolute atomic E-state index is 13.0. The summed E-state index contributed by atoms with van der Waals surface area (Å²) < 4.78 is 33.8. The van der Waals surface area contributed by atoms with Gasteiger partial charge in [-0.3, -0.25) is 9.52 Å². The number of phenols is 1. The van der Waals surface area contributed by atoms with E-state index in [0.717, 1.165) is 12.2 Å². The molecule has 232 valence electrons. The average molecular weight is 620 g/mol. The van der Waals surface area contributed by atoms with Gasteiger partial charge in [0.1, 0.15) is 11.5 Å². The predicted molar refractivity (Wildman–Crippen MR) is 175 cm³/mol. The zero-order chi connectivity index (χ0) is 30.4. The minimum Gasteiger partial charge on any atom is -0.506 e. The Hall–Kier alpha value is -3.01. The van der Waals surface area contributed by atoms with Gasteiger partial charge in [-0.1, -0.05) is 77.9 Å². The number of aromatic hydroxyl groups is 1. The number of nitrogens with two attached hydrogens (primary N) is 1. The number of nitrogens with one attached hydrogen (secondary N) is 2. The third kappa shape index (κ3) is 9.24. The molecule has 0 saturated heterocycles. The predicted octanol–water partition coefficient (Wildman–Crippen LogP) is 6.24. The molecule has 3 aromatic rings. The van der Waals surface area contributed by atoms with E-state index in [-0.39, 0.29) is 52.5 Å². The maximum Gasteiger partial charge on any atom is 0.255 e. The van der Waals surface area contributed by atoms with Crippen LogP contribution >= 0.6 is 12.4 Å². The molecule has 0 atom stereocenters. The normalized spacial score (nSPS) is 12.1. The van der Waals surface area contributed by atoms with Crippen LogP contribution in [0.3, 0.4) is 0 Å². The molecule has 0 radical (unpaired) electrons. The number of ether oxygens (including phenoxy) is 1. The van der Waals surface area contributed by atoms with Crippen molar-refractivity contribution in [2.75, 3.05) is 30.2 Å². The van der Waals surface area contributed by atoms with Gasteiger partial charge in [0.05, 0.1) is 23.6 Å². The Morgan fingerprint density at radius 1 is 0.929 bits per heavy atom. The van der Waals surface area contributed by atoms with Crippen molar-refractivity contribution in [2.24, 2.45) is 5.73 Å². The molecule has 42 heavy (non-hydrogen) atoms. The van der Waals surface area contributed by atoms with Gasteiger partial charge in [0, 0.05) is 17.3 Å². The van der Waals surface area contributed by atoms with Crippen molar-refractivity contribution in [3.63, 3.8) is 0 Å². The minimum absolute atomic E-state index is 0. The summed E-state index contributed by atoms with van der Waals surface area (Å²) in [7, 11) is -3.67. The molecule has 5 N–H and O–H groups in total. The lowest BCUT2D eigenvalue weighted by Crippen LogP contribution is -2.25. The number of sulfonamides is 1. The van der Waals surface area contributed by atoms with E-state index in [1.807, 2.05) is 6.07 Å². The number of benzene rings is 3. The number of phenolic OH excluding ortho intramolecular Hbond substituents is 1. The largest absolute Gasteiger partial charge is 0.506 e. The average Bonchev–Trinajstić information content (AvgIpc) is 2.89. The SMILES string of the molecule is CC(C)(C)c1ccc(OCCCCNC(=O)c2cc(NS(=O)(=O)CCCN)c3ccccc3c2O)c(C(C)(C)C)c1.Cl. The molecule has 0 fully saturated rings. The van der Waals surface area contributed by atoms with Crippen LogP contribution in [-0.4, -0.2) is 44.9 Å². The summed E-state index contributed by atoms with van der Waals surface area (Å²) in [6, 6.07) is 14.6. The van der Waals surface area contributed by atoms with Gasteiger partial charge in [0.25, 0.3) is 5.91 Å². The number of hydrogen-bond donors (Lipinski definition) is 4. The molecule has 0 aliphatic heterocycles. The Kier molecular flexibility index (Phi) is 12.1. The summed E-state index contributed by atoms with van der Waals surface area (Å²) >= 11 is 0. The minimum atomic E-state index is -3.67. The van der Waals surface area contributed by atoms with Crippen molar-refractivity contribution in [2.45, 2.75) is 71.6 Å². The Morgan fingerprint density at radius 3 is 2.21 bits per heavy atom. The van der Waals surface area contributed by atoms with E-state index in [1.54, 1.807) is 24.3 Å². The van der Waals surface area contributed by atoms with Crippen molar-refractivity contribution < 1.29 is 23.1 Å². The second-order valence-electron chi connectivity index (χ2n) is 12.5. The lowest BCUT2D eigenvalue weighted by Gasteiger charge is -2.27. The lowest BCUT2D eigenvalue weighted by molar-refractivity contribution is 0.0950.